The molecule has 1 heteroatoms. The minimum Gasteiger partial charge on any atom is -0.507 e. The van der Waals surface area contributed by atoms with Gasteiger partial charge in [-0.05, 0) is 23.6 Å². The molecule has 1 nitrogen and oxygen atoms in total. The molecule has 1 N–H and O–H groups in total. The zero-order valence-electron chi connectivity index (χ0n) is 8.77. The lowest BCUT2D eigenvalue weighted by atomic mass is 10.0. The van der Waals surface area contributed by atoms with Crippen LogP contribution < -0.4 is 0 Å². The molecule has 0 unspecified atom stereocenters. The van der Waals surface area contributed by atoms with Crippen LogP contribution in [0.2, 0.25) is 0 Å². The van der Waals surface area contributed by atoms with Crippen LogP contribution in [0.4, 0.5) is 0 Å². The number of rotatable bonds is 2. The predicted octanol–water partition coefficient (Wildman–Crippen LogP) is 3.29. The van der Waals surface area contributed by atoms with E-state index in [1.54, 1.807) is 0 Å². The zero-order valence-corrected chi connectivity index (χ0v) is 8.77. The molecule has 0 fully saturated rings. The first-order valence-electron chi connectivity index (χ1n) is 5.09. The maximum Gasteiger partial charge on any atom is 0.122 e. The van der Waals surface area contributed by atoms with Crippen molar-refractivity contribution in [3.63, 3.8) is 0 Å². The molecule has 0 aromatic heterocycles. The molecular weight excluding hydrogens is 184 g/mol. The van der Waals surface area contributed by atoms with Crippen LogP contribution in [-0.4, -0.2) is 5.11 Å². The Labute approximate surface area is 90.0 Å². The summed E-state index contributed by atoms with van der Waals surface area (Å²) in [5.74, 6) is 0.418. The van der Waals surface area contributed by atoms with Gasteiger partial charge in [-0.1, -0.05) is 48.5 Å². The van der Waals surface area contributed by atoms with Crippen molar-refractivity contribution in [1.82, 2.24) is 0 Å². The van der Waals surface area contributed by atoms with E-state index < -0.39 is 0 Å². The van der Waals surface area contributed by atoms with Crippen LogP contribution >= 0.6 is 0 Å². The molecule has 2 aromatic rings. The summed E-state index contributed by atoms with van der Waals surface area (Å²) in [5.41, 5.74) is 3.14. The average molecular weight is 198 g/mol. The maximum atomic E-state index is 9.86. The van der Waals surface area contributed by atoms with E-state index in [1.165, 1.54) is 5.56 Å². The van der Waals surface area contributed by atoms with E-state index in [0.717, 1.165) is 17.5 Å². The Morgan fingerprint density at radius 2 is 1.67 bits per heavy atom. The van der Waals surface area contributed by atoms with Gasteiger partial charge in [0.2, 0.25) is 0 Å². The van der Waals surface area contributed by atoms with Crippen LogP contribution in [0.3, 0.4) is 0 Å². The van der Waals surface area contributed by atoms with Crippen molar-refractivity contribution in [3.05, 3.63) is 65.2 Å². The monoisotopic (exact) mass is 198 g/mol. The lowest BCUT2D eigenvalue weighted by molar-refractivity contribution is 0.465. The van der Waals surface area contributed by atoms with Crippen LogP contribution in [0.25, 0.3) is 0 Å². The molecule has 0 amide bonds. The summed E-state index contributed by atoms with van der Waals surface area (Å²) in [6.45, 7) is 1.92. The van der Waals surface area contributed by atoms with Gasteiger partial charge in [-0.25, -0.2) is 0 Å². The fraction of sp³-hybridized carbons (Fsp3) is 0.143. The summed E-state index contributed by atoms with van der Waals surface area (Å²) in [6, 6.07) is 16.0. The van der Waals surface area contributed by atoms with Gasteiger partial charge in [0.25, 0.3) is 0 Å². The van der Waals surface area contributed by atoms with E-state index in [0.29, 0.717) is 5.75 Å². The second-order valence-corrected chi connectivity index (χ2v) is 3.75. The summed E-state index contributed by atoms with van der Waals surface area (Å²) in [6.07, 6.45) is 0.786. The molecule has 0 atom stereocenters. The number of benzene rings is 2. The van der Waals surface area contributed by atoms with Crippen molar-refractivity contribution >= 4 is 0 Å². The van der Waals surface area contributed by atoms with Crippen molar-refractivity contribution in [3.8, 4) is 5.75 Å². The number of aromatic hydroxyl groups is 1. The second kappa shape index (κ2) is 4.18. The minimum atomic E-state index is 0.418. The maximum absolute atomic E-state index is 9.86. The third-order valence-electron chi connectivity index (χ3n) is 2.56. The standard InChI is InChI=1S/C14H14O/c1-11-6-5-9-13(14(11)15)10-12-7-3-2-4-8-12/h2-9,15H,10H2,1H3. The van der Waals surface area contributed by atoms with Gasteiger partial charge in [0.05, 0.1) is 0 Å². The van der Waals surface area contributed by atoms with Gasteiger partial charge in [0.15, 0.2) is 0 Å². The molecule has 15 heavy (non-hydrogen) atoms. The Bertz CT molecular complexity index is 446. The summed E-state index contributed by atoms with van der Waals surface area (Å²) >= 11 is 0. The Hall–Kier alpha value is -1.76. The molecule has 76 valence electrons. The summed E-state index contributed by atoms with van der Waals surface area (Å²) < 4.78 is 0. The molecule has 0 heterocycles. The number of hydrogen-bond donors (Lipinski definition) is 1. The van der Waals surface area contributed by atoms with Crippen molar-refractivity contribution in [1.29, 1.82) is 0 Å². The van der Waals surface area contributed by atoms with E-state index in [1.807, 2.05) is 43.3 Å². The first-order valence-corrected chi connectivity index (χ1v) is 5.09. The predicted molar refractivity (Wildman–Crippen MR) is 62.1 cm³/mol. The van der Waals surface area contributed by atoms with E-state index in [9.17, 15) is 5.11 Å². The number of phenolic OH excluding ortho intramolecular Hbond substituents is 1. The lowest BCUT2D eigenvalue weighted by Crippen LogP contribution is -1.89. The third kappa shape index (κ3) is 2.18. The highest BCUT2D eigenvalue weighted by molar-refractivity contribution is 5.42. The molecular formula is C14H14O. The fourth-order valence-corrected chi connectivity index (χ4v) is 1.68. The van der Waals surface area contributed by atoms with E-state index in [-0.39, 0.29) is 0 Å². The van der Waals surface area contributed by atoms with Crippen molar-refractivity contribution in [2.75, 3.05) is 0 Å². The van der Waals surface area contributed by atoms with Gasteiger partial charge < -0.3 is 5.11 Å². The zero-order chi connectivity index (χ0) is 10.7. The Morgan fingerprint density at radius 3 is 2.40 bits per heavy atom. The molecule has 0 saturated heterocycles. The normalized spacial score (nSPS) is 10.2. The molecule has 0 bridgehead atoms. The van der Waals surface area contributed by atoms with Crippen LogP contribution in [-0.2, 0) is 6.42 Å². The minimum absolute atomic E-state index is 0.418. The summed E-state index contributed by atoms with van der Waals surface area (Å²) in [4.78, 5) is 0. The highest BCUT2D eigenvalue weighted by Gasteiger charge is 2.03. The van der Waals surface area contributed by atoms with E-state index >= 15 is 0 Å². The fourth-order valence-electron chi connectivity index (χ4n) is 1.68. The molecule has 0 aliphatic carbocycles. The smallest absolute Gasteiger partial charge is 0.122 e. The Balaban J connectivity index is 2.29. The molecule has 0 aliphatic heterocycles. The quantitative estimate of drug-likeness (QED) is 0.785. The summed E-state index contributed by atoms with van der Waals surface area (Å²) in [5, 5.41) is 9.86. The number of hydrogen-bond acceptors (Lipinski definition) is 1. The van der Waals surface area contributed by atoms with Gasteiger partial charge in [0, 0.05) is 6.42 Å². The molecule has 0 radical (unpaired) electrons. The Morgan fingerprint density at radius 1 is 0.933 bits per heavy atom. The number of aryl methyl sites for hydroxylation is 1. The van der Waals surface area contributed by atoms with E-state index in [2.05, 4.69) is 12.1 Å². The van der Waals surface area contributed by atoms with Crippen LogP contribution in [0.15, 0.2) is 48.5 Å². The molecule has 0 aliphatic rings. The van der Waals surface area contributed by atoms with Crippen molar-refractivity contribution in [2.24, 2.45) is 0 Å². The van der Waals surface area contributed by atoms with E-state index in [4.69, 9.17) is 0 Å². The third-order valence-corrected chi connectivity index (χ3v) is 2.56. The average Bonchev–Trinajstić information content (AvgIpc) is 2.26. The highest BCUT2D eigenvalue weighted by atomic mass is 16.3. The van der Waals surface area contributed by atoms with Gasteiger partial charge in [0.1, 0.15) is 5.75 Å². The van der Waals surface area contributed by atoms with Crippen molar-refractivity contribution < 1.29 is 5.11 Å². The highest BCUT2D eigenvalue weighted by Crippen LogP contribution is 2.23. The lowest BCUT2D eigenvalue weighted by Gasteiger charge is -2.06. The molecule has 0 saturated carbocycles. The van der Waals surface area contributed by atoms with Gasteiger partial charge in [-0.3, -0.25) is 0 Å². The number of phenols is 1. The van der Waals surface area contributed by atoms with Crippen molar-refractivity contribution in [2.45, 2.75) is 13.3 Å². The van der Waals surface area contributed by atoms with Crippen LogP contribution in [0.5, 0.6) is 5.75 Å². The molecule has 0 spiro atoms. The van der Waals surface area contributed by atoms with Crippen LogP contribution in [0, 0.1) is 6.92 Å². The van der Waals surface area contributed by atoms with Gasteiger partial charge in [-0.2, -0.15) is 0 Å². The van der Waals surface area contributed by atoms with Gasteiger partial charge in [-0.15, -0.1) is 0 Å². The number of para-hydroxylation sites is 1. The Kier molecular flexibility index (Phi) is 2.72. The first kappa shape index (κ1) is 9.78. The first-order chi connectivity index (χ1) is 7.27. The largest absolute Gasteiger partial charge is 0.507 e. The van der Waals surface area contributed by atoms with Crippen LogP contribution in [0.1, 0.15) is 16.7 Å². The SMILES string of the molecule is Cc1cccc(Cc2ccccc2)c1O. The molecule has 2 rings (SSSR count). The topological polar surface area (TPSA) is 20.2 Å². The molecule has 2 aromatic carbocycles. The second-order valence-electron chi connectivity index (χ2n) is 3.75. The summed E-state index contributed by atoms with van der Waals surface area (Å²) in [7, 11) is 0. The van der Waals surface area contributed by atoms with Gasteiger partial charge >= 0.3 is 0 Å².